The van der Waals surface area contributed by atoms with Crippen LogP contribution in [-0.2, 0) is 24.2 Å². The molecule has 2 aliphatic rings. The van der Waals surface area contributed by atoms with Crippen molar-refractivity contribution in [2.75, 3.05) is 13.1 Å². The van der Waals surface area contributed by atoms with Crippen molar-refractivity contribution in [2.45, 2.75) is 58.2 Å². The summed E-state index contributed by atoms with van der Waals surface area (Å²) in [5, 5.41) is 7.88. The van der Waals surface area contributed by atoms with Gasteiger partial charge >= 0.3 is 0 Å². The number of fused-ring (bicyclic) bond motifs is 1. The number of hydrogen-bond acceptors (Lipinski definition) is 3. The molecule has 2 aliphatic heterocycles. The van der Waals surface area contributed by atoms with E-state index >= 15 is 0 Å². The third-order valence-corrected chi connectivity index (χ3v) is 4.32. The van der Waals surface area contributed by atoms with E-state index in [1.807, 2.05) is 11.1 Å². The molecule has 0 aromatic carbocycles. The lowest BCUT2D eigenvalue weighted by Gasteiger charge is -2.36. The molecule has 1 aromatic heterocycles. The zero-order chi connectivity index (χ0) is 14.1. The van der Waals surface area contributed by atoms with E-state index in [-0.39, 0.29) is 5.91 Å². The van der Waals surface area contributed by atoms with Gasteiger partial charge in [-0.05, 0) is 33.1 Å². The number of nitrogens with zero attached hydrogens (tertiary/aromatic N) is 3. The Morgan fingerprint density at radius 2 is 2.10 bits per heavy atom. The van der Waals surface area contributed by atoms with Crippen molar-refractivity contribution < 1.29 is 4.79 Å². The topological polar surface area (TPSA) is 50.2 Å². The second-order valence-corrected chi connectivity index (χ2v) is 6.24. The fraction of sp³-hybridized carbons (Fsp3) is 0.733. The lowest BCUT2D eigenvalue weighted by atomic mass is 10.0. The van der Waals surface area contributed by atoms with Crippen molar-refractivity contribution in [1.29, 1.82) is 0 Å². The monoisotopic (exact) mass is 276 g/mol. The first-order valence-electron chi connectivity index (χ1n) is 7.71. The predicted molar refractivity (Wildman–Crippen MR) is 77.5 cm³/mol. The third kappa shape index (κ3) is 2.73. The van der Waals surface area contributed by atoms with Gasteiger partial charge in [0.2, 0.25) is 5.91 Å². The normalized spacial score (nSPS) is 26.4. The Balaban J connectivity index is 1.68. The van der Waals surface area contributed by atoms with Gasteiger partial charge in [-0.3, -0.25) is 9.48 Å². The molecule has 1 amide bonds. The van der Waals surface area contributed by atoms with Gasteiger partial charge in [-0.1, -0.05) is 0 Å². The molecule has 3 heterocycles. The molecule has 5 heteroatoms. The van der Waals surface area contributed by atoms with Crippen LogP contribution in [0.5, 0.6) is 0 Å². The molecule has 0 bridgehead atoms. The van der Waals surface area contributed by atoms with Gasteiger partial charge in [0.05, 0.1) is 12.6 Å². The highest BCUT2D eigenvalue weighted by Crippen LogP contribution is 2.19. The summed E-state index contributed by atoms with van der Waals surface area (Å²) in [5.41, 5.74) is 2.41. The highest BCUT2D eigenvalue weighted by molar-refractivity contribution is 5.79. The summed E-state index contributed by atoms with van der Waals surface area (Å²) < 4.78 is 2.08. The Hall–Kier alpha value is -1.36. The molecule has 0 radical (unpaired) electrons. The van der Waals surface area contributed by atoms with Crippen molar-refractivity contribution in [3.05, 3.63) is 17.5 Å². The average Bonchev–Trinajstić information content (AvgIpc) is 2.81. The summed E-state index contributed by atoms with van der Waals surface area (Å²) in [4.78, 5) is 14.5. The van der Waals surface area contributed by atoms with E-state index in [0.29, 0.717) is 18.5 Å². The maximum absolute atomic E-state index is 12.5. The Morgan fingerprint density at radius 3 is 2.85 bits per heavy atom. The Labute approximate surface area is 120 Å². The van der Waals surface area contributed by atoms with Crippen LogP contribution < -0.4 is 5.32 Å². The number of carbonyl (C=O) groups excluding carboxylic acids is 1. The van der Waals surface area contributed by atoms with E-state index in [0.717, 1.165) is 31.6 Å². The maximum Gasteiger partial charge on any atom is 0.227 e. The van der Waals surface area contributed by atoms with E-state index < -0.39 is 0 Å². The van der Waals surface area contributed by atoms with Crippen LogP contribution in [0.1, 0.15) is 37.9 Å². The predicted octanol–water partition coefficient (Wildman–Crippen LogP) is 0.971. The van der Waals surface area contributed by atoms with Gasteiger partial charge in [0, 0.05) is 43.0 Å². The maximum atomic E-state index is 12.5. The van der Waals surface area contributed by atoms with Crippen LogP contribution >= 0.6 is 0 Å². The molecule has 2 atom stereocenters. The number of hydrogen-bond donors (Lipinski definition) is 1. The molecule has 0 spiro atoms. The van der Waals surface area contributed by atoms with Crippen molar-refractivity contribution >= 4 is 5.91 Å². The van der Waals surface area contributed by atoms with E-state index in [1.165, 1.54) is 18.5 Å². The molecular weight excluding hydrogens is 252 g/mol. The van der Waals surface area contributed by atoms with Crippen molar-refractivity contribution in [1.82, 2.24) is 20.0 Å². The van der Waals surface area contributed by atoms with Crippen LogP contribution in [0.15, 0.2) is 6.20 Å². The number of aromatic nitrogens is 2. The average molecular weight is 276 g/mol. The van der Waals surface area contributed by atoms with E-state index in [9.17, 15) is 4.79 Å². The van der Waals surface area contributed by atoms with Crippen LogP contribution in [0.4, 0.5) is 0 Å². The number of amides is 1. The van der Waals surface area contributed by atoms with Crippen LogP contribution in [0.3, 0.4) is 0 Å². The lowest BCUT2D eigenvalue weighted by molar-refractivity contribution is -0.132. The number of carbonyl (C=O) groups is 1. The molecule has 1 fully saturated rings. The minimum Gasteiger partial charge on any atom is -0.339 e. The quantitative estimate of drug-likeness (QED) is 0.876. The zero-order valence-corrected chi connectivity index (χ0v) is 12.4. The van der Waals surface area contributed by atoms with Gasteiger partial charge in [0.25, 0.3) is 0 Å². The minimum absolute atomic E-state index is 0.242. The molecule has 3 rings (SSSR count). The van der Waals surface area contributed by atoms with Crippen LogP contribution in [-0.4, -0.2) is 45.8 Å². The van der Waals surface area contributed by atoms with Crippen LogP contribution in [0.2, 0.25) is 0 Å². The number of piperazine rings is 1. The highest BCUT2D eigenvalue weighted by Gasteiger charge is 2.26. The summed E-state index contributed by atoms with van der Waals surface area (Å²) in [6.45, 7) is 6.90. The van der Waals surface area contributed by atoms with Gasteiger partial charge in [0.15, 0.2) is 0 Å². The van der Waals surface area contributed by atoms with Gasteiger partial charge in [-0.2, -0.15) is 5.10 Å². The number of aryl methyl sites for hydroxylation is 1. The Bertz CT molecular complexity index is 486. The van der Waals surface area contributed by atoms with E-state index in [2.05, 4.69) is 28.9 Å². The summed E-state index contributed by atoms with van der Waals surface area (Å²) in [6, 6.07) is 0.757. The SMILES string of the molecule is CC1CN(C(=O)Cc2cnn3c2CCCC3)CC(C)N1. The largest absolute Gasteiger partial charge is 0.339 e. The van der Waals surface area contributed by atoms with Crippen molar-refractivity contribution in [3.63, 3.8) is 0 Å². The van der Waals surface area contributed by atoms with Crippen LogP contribution in [0.25, 0.3) is 0 Å². The zero-order valence-electron chi connectivity index (χ0n) is 12.4. The van der Waals surface area contributed by atoms with Gasteiger partial charge in [-0.25, -0.2) is 0 Å². The Kier molecular flexibility index (Phi) is 3.78. The van der Waals surface area contributed by atoms with Gasteiger partial charge in [-0.15, -0.1) is 0 Å². The second-order valence-electron chi connectivity index (χ2n) is 6.24. The molecule has 110 valence electrons. The van der Waals surface area contributed by atoms with Crippen molar-refractivity contribution in [3.8, 4) is 0 Å². The molecule has 1 saturated heterocycles. The Morgan fingerprint density at radius 1 is 1.35 bits per heavy atom. The fourth-order valence-corrected chi connectivity index (χ4v) is 3.44. The smallest absolute Gasteiger partial charge is 0.227 e. The first kappa shape index (κ1) is 13.6. The summed E-state index contributed by atoms with van der Waals surface area (Å²) in [6.07, 6.45) is 5.89. The van der Waals surface area contributed by atoms with Crippen LogP contribution in [0, 0.1) is 0 Å². The summed E-state index contributed by atoms with van der Waals surface area (Å²) in [7, 11) is 0. The van der Waals surface area contributed by atoms with Gasteiger partial charge in [0.1, 0.15) is 0 Å². The molecular formula is C15H24N4O. The fourth-order valence-electron chi connectivity index (χ4n) is 3.44. The van der Waals surface area contributed by atoms with E-state index in [4.69, 9.17) is 0 Å². The minimum atomic E-state index is 0.242. The highest BCUT2D eigenvalue weighted by atomic mass is 16.2. The second kappa shape index (κ2) is 5.56. The lowest BCUT2D eigenvalue weighted by Crippen LogP contribution is -2.56. The molecule has 1 N–H and O–H groups in total. The third-order valence-electron chi connectivity index (χ3n) is 4.32. The first-order chi connectivity index (χ1) is 9.63. The molecule has 2 unspecified atom stereocenters. The summed E-state index contributed by atoms with van der Waals surface area (Å²) in [5.74, 6) is 0.242. The van der Waals surface area contributed by atoms with E-state index in [1.54, 1.807) is 0 Å². The summed E-state index contributed by atoms with van der Waals surface area (Å²) >= 11 is 0. The first-order valence-corrected chi connectivity index (χ1v) is 7.71. The number of rotatable bonds is 2. The van der Waals surface area contributed by atoms with Gasteiger partial charge < -0.3 is 10.2 Å². The molecule has 20 heavy (non-hydrogen) atoms. The standard InChI is InChI=1S/C15H24N4O/c1-11-9-18(10-12(2)17-11)15(20)7-13-8-16-19-6-4-3-5-14(13)19/h8,11-12,17H,3-7,9-10H2,1-2H3. The molecule has 0 saturated carbocycles. The molecule has 5 nitrogen and oxygen atoms in total. The number of nitrogens with one attached hydrogen (secondary N) is 1. The molecule has 0 aliphatic carbocycles. The molecule has 1 aromatic rings. The van der Waals surface area contributed by atoms with Crippen molar-refractivity contribution in [2.24, 2.45) is 0 Å².